The smallest absolute Gasteiger partial charge is 0.0704 e. The first-order valence-electron chi connectivity index (χ1n) is 6.83. The van der Waals surface area contributed by atoms with Crippen molar-refractivity contribution in [3.8, 4) is 0 Å². The third kappa shape index (κ3) is 3.81. The van der Waals surface area contributed by atoms with E-state index in [2.05, 4.69) is 59.4 Å². The van der Waals surface area contributed by atoms with Crippen LogP contribution in [0.1, 0.15) is 44.7 Å². The van der Waals surface area contributed by atoms with E-state index in [1.807, 2.05) is 0 Å². The summed E-state index contributed by atoms with van der Waals surface area (Å²) in [5.74, 6) is 0. The zero-order chi connectivity index (χ0) is 13.0. The van der Waals surface area contributed by atoms with E-state index in [0.29, 0.717) is 18.2 Å². The van der Waals surface area contributed by atoms with Gasteiger partial charge in [-0.15, -0.1) is 0 Å². The molecule has 3 atom stereocenters. The summed E-state index contributed by atoms with van der Waals surface area (Å²) in [4.78, 5) is 0. The van der Waals surface area contributed by atoms with Gasteiger partial charge in [0, 0.05) is 17.1 Å². The fourth-order valence-corrected chi connectivity index (χ4v) is 2.77. The summed E-state index contributed by atoms with van der Waals surface area (Å²) in [6.45, 7) is 5.34. The van der Waals surface area contributed by atoms with Crippen molar-refractivity contribution in [2.75, 3.05) is 6.54 Å². The van der Waals surface area contributed by atoms with Gasteiger partial charge in [0.1, 0.15) is 0 Å². The highest BCUT2D eigenvalue weighted by molar-refractivity contribution is 9.10. The molecule has 1 aliphatic rings. The number of nitrogens with one attached hydrogen (secondary N) is 1. The molecule has 0 aliphatic carbocycles. The Kier molecular flexibility index (Phi) is 5.22. The standard InChI is InChI=1S/C15H22BrNO/c1-3-15(12-5-7-13(16)8-6-12)17-10-14-9-4-11(2)18-14/h5-8,11,14-15,17H,3-4,9-10H2,1-2H3. The van der Waals surface area contributed by atoms with Crippen LogP contribution in [0.5, 0.6) is 0 Å². The van der Waals surface area contributed by atoms with Gasteiger partial charge in [0.25, 0.3) is 0 Å². The molecule has 1 heterocycles. The normalized spacial score (nSPS) is 25.3. The van der Waals surface area contributed by atoms with Crippen LogP contribution in [-0.2, 0) is 4.74 Å². The Bertz CT molecular complexity index is 365. The van der Waals surface area contributed by atoms with Crippen LogP contribution >= 0.6 is 15.9 Å². The van der Waals surface area contributed by atoms with Gasteiger partial charge >= 0.3 is 0 Å². The highest BCUT2D eigenvalue weighted by atomic mass is 79.9. The molecule has 0 bridgehead atoms. The van der Waals surface area contributed by atoms with Gasteiger partial charge in [0.15, 0.2) is 0 Å². The first-order chi connectivity index (χ1) is 8.69. The van der Waals surface area contributed by atoms with Crippen molar-refractivity contribution in [3.63, 3.8) is 0 Å². The molecule has 0 radical (unpaired) electrons. The Morgan fingerprint density at radius 2 is 2.06 bits per heavy atom. The SMILES string of the molecule is CCC(NCC1CCC(C)O1)c1ccc(Br)cc1. The molecule has 3 heteroatoms. The predicted molar refractivity (Wildman–Crippen MR) is 78.7 cm³/mol. The minimum absolute atomic E-state index is 0.393. The summed E-state index contributed by atoms with van der Waals surface area (Å²) in [6.07, 6.45) is 4.31. The Morgan fingerprint density at radius 1 is 1.33 bits per heavy atom. The minimum atomic E-state index is 0.393. The second-order valence-corrected chi connectivity index (χ2v) is 5.98. The molecular weight excluding hydrogens is 290 g/mol. The van der Waals surface area contributed by atoms with Crippen LogP contribution in [-0.4, -0.2) is 18.8 Å². The van der Waals surface area contributed by atoms with Crippen molar-refractivity contribution in [2.45, 2.75) is 51.4 Å². The van der Waals surface area contributed by atoms with E-state index in [9.17, 15) is 0 Å². The van der Waals surface area contributed by atoms with Crippen LogP contribution in [0.15, 0.2) is 28.7 Å². The van der Waals surface area contributed by atoms with Crippen molar-refractivity contribution in [1.82, 2.24) is 5.32 Å². The average molecular weight is 312 g/mol. The van der Waals surface area contributed by atoms with E-state index in [1.165, 1.54) is 18.4 Å². The molecule has 3 unspecified atom stereocenters. The van der Waals surface area contributed by atoms with Crippen molar-refractivity contribution < 1.29 is 4.74 Å². The zero-order valence-electron chi connectivity index (χ0n) is 11.2. The number of benzene rings is 1. The molecule has 1 aromatic carbocycles. The lowest BCUT2D eigenvalue weighted by atomic mass is 10.0. The van der Waals surface area contributed by atoms with E-state index in [1.54, 1.807) is 0 Å². The number of rotatable bonds is 5. The Hall–Kier alpha value is -0.380. The lowest BCUT2D eigenvalue weighted by Crippen LogP contribution is -2.30. The maximum absolute atomic E-state index is 5.84. The van der Waals surface area contributed by atoms with Gasteiger partial charge in [0.2, 0.25) is 0 Å². The molecule has 0 saturated carbocycles. The van der Waals surface area contributed by atoms with E-state index < -0.39 is 0 Å². The van der Waals surface area contributed by atoms with Crippen LogP contribution in [0.4, 0.5) is 0 Å². The maximum atomic E-state index is 5.84. The first kappa shape index (κ1) is 14.0. The summed E-state index contributed by atoms with van der Waals surface area (Å²) >= 11 is 3.48. The van der Waals surface area contributed by atoms with Gasteiger partial charge < -0.3 is 10.1 Å². The number of halogens is 1. The summed E-state index contributed by atoms with van der Waals surface area (Å²) in [5, 5.41) is 3.63. The molecule has 18 heavy (non-hydrogen) atoms. The molecule has 100 valence electrons. The molecule has 0 spiro atoms. The summed E-state index contributed by atoms with van der Waals surface area (Å²) < 4.78 is 6.97. The lowest BCUT2D eigenvalue weighted by molar-refractivity contribution is 0.0542. The largest absolute Gasteiger partial charge is 0.374 e. The van der Waals surface area contributed by atoms with Gasteiger partial charge in [0.05, 0.1) is 12.2 Å². The second kappa shape index (κ2) is 6.69. The molecule has 1 aliphatic heterocycles. The van der Waals surface area contributed by atoms with Crippen LogP contribution in [0.25, 0.3) is 0 Å². The Morgan fingerprint density at radius 3 is 2.61 bits per heavy atom. The predicted octanol–water partition coefficient (Wildman–Crippen LogP) is 4.06. The van der Waals surface area contributed by atoms with Crippen molar-refractivity contribution in [3.05, 3.63) is 34.3 Å². The number of hydrogen-bond acceptors (Lipinski definition) is 2. The Balaban J connectivity index is 1.87. The van der Waals surface area contributed by atoms with E-state index >= 15 is 0 Å². The number of hydrogen-bond donors (Lipinski definition) is 1. The minimum Gasteiger partial charge on any atom is -0.374 e. The molecule has 2 nitrogen and oxygen atoms in total. The molecular formula is C15H22BrNO. The van der Waals surface area contributed by atoms with Gasteiger partial charge in [-0.3, -0.25) is 0 Å². The lowest BCUT2D eigenvalue weighted by Gasteiger charge is -2.20. The molecule has 1 fully saturated rings. The van der Waals surface area contributed by atoms with Crippen LogP contribution in [0, 0.1) is 0 Å². The first-order valence-corrected chi connectivity index (χ1v) is 7.62. The number of ether oxygens (including phenoxy) is 1. The molecule has 0 aromatic heterocycles. The fraction of sp³-hybridized carbons (Fsp3) is 0.600. The van der Waals surface area contributed by atoms with Gasteiger partial charge in [-0.25, -0.2) is 0 Å². The third-order valence-electron chi connectivity index (χ3n) is 3.59. The highest BCUT2D eigenvalue weighted by Crippen LogP contribution is 2.22. The average Bonchev–Trinajstić information content (AvgIpc) is 2.78. The topological polar surface area (TPSA) is 21.3 Å². The Labute approximate surface area is 118 Å². The van der Waals surface area contributed by atoms with Gasteiger partial charge in [-0.05, 0) is 43.9 Å². The van der Waals surface area contributed by atoms with Crippen molar-refractivity contribution in [2.24, 2.45) is 0 Å². The van der Waals surface area contributed by atoms with Crippen LogP contribution in [0.2, 0.25) is 0 Å². The quantitative estimate of drug-likeness (QED) is 0.885. The van der Waals surface area contributed by atoms with E-state index in [-0.39, 0.29) is 0 Å². The van der Waals surface area contributed by atoms with Crippen molar-refractivity contribution in [1.29, 1.82) is 0 Å². The zero-order valence-corrected chi connectivity index (χ0v) is 12.7. The van der Waals surface area contributed by atoms with Crippen LogP contribution < -0.4 is 5.32 Å². The monoisotopic (exact) mass is 311 g/mol. The van der Waals surface area contributed by atoms with Gasteiger partial charge in [-0.2, -0.15) is 0 Å². The summed E-state index contributed by atoms with van der Waals surface area (Å²) in [7, 11) is 0. The van der Waals surface area contributed by atoms with E-state index in [0.717, 1.165) is 17.4 Å². The van der Waals surface area contributed by atoms with Crippen LogP contribution in [0.3, 0.4) is 0 Å². The second-order valence-electron chi connectivity index (χ2n) is 5.07. The molecule has 2 rings (SSSR count). The molecule has 1 N–H and O–H groups in total. The fourth-order valence-electron chi connectivity index (χ4n) is 2.50. The van der Waals surface area contributed by atoms with Crippen molar-refractivity contribution >= 4 is 15.9 Å². The third-order valence-corrected chi connectivity index (χ3v) is 4.12. The van der Waals surface area contributed by atoms with Gasteiger partial charge in [-0.1, -0.05) is 35.0 Å². The highest BCUT2D eigenvalue weighted by Gasteiger charge is 2.22. The molecule has 1 saturated heterocycles. The summed E-state index contributed by atoms with van der Waals surface area (Å²) in [6, 6.07) is 9.01. The van der Waals surface area contributed by atoms with E-state index in [4.69, 9.17) is 4.74 Å². The summed E-state index contributed by atoms with van der Waals surface area (Å²) in [5.41, 5.74) is 1.35. The molecule has 0 amide bonds. The maximum Gasteiger partial charge on any atom is 0.0704 e. The molecule has 1 aromatic rings.